The third-order valence-electron chi connectivity index (χ3n) is 4.43. The lowest BCUT2D eigenvalue weighted by Crippen LogP contribution is -2.40. The summed E-state index contributed by atoms with van der Waals surface area (Å²) in [4.78, 5) is 14.2. The predicted octanol–water partition coefficient (Wildman–Crippen LogP) is 5.68. The standard InChI is InChI=1S/C19H16F3N3O3.2C2H6/c20-19(21,22)17-12-15(16-2-1-9-28-16)25(23-17)14-5-3-13(4-6-14)18(26)24-7-10-27-11-8-24;2*1-2/h1-6,9,12H,7-8,10-11H2;2*1-2H3. The van der Waals surface area contributed by atoms with E-state index < -0.39 is 11.9 Å². The van der Waals surface area contributed by atoms with Crippen LogP contribution in [-0.4, -0.2) is 46.9 Å². The number of carbonyl (C=O) groups is 1. The minimum Gasteiger partial charge on any atom is -0.463 e. The highest BCUT2D eigenvalue weighted by atomic mass is 19.4. The van der Waals surface area contributed by atoms with Crippen LogP contribution in [0.2, 0.25) is 0 Å². The minimum atomic E-state index is -4.58. The van der Waals surface area contributed by atoms with Gasteiger partial charge >= 0.3 is 6.18 Å². The number of furan rings is 1. The first-order chi connectivity index (χ1) is 15.4. The number of carbonyl (C=O) groups excluding carboxylic acids is 1. The van der Waals surface area contributed by atoms with Crippen molar-refractivity contribution >= 4 is 5.91 Å². The molecule has 0 aliphatic carbocycles. The number of halogens is 3. The number of amides is 1. The van der Waals surface area contributed by atoms with Gasteiger partial charge in [0, 0.05) is 24.7 Å². The Morgan fingerprint density at radius 3 is 2.16 bits per heavy atom. The highest BCUT2D eigenvalue weighted by Crippen LogP contribution is 2.33. The molecular formula is C23H28F3N3O3. The van der Waals surface area contributed by atoms with E-state index in [4.69, 9.17) is 9.15 Å². The van der Waals surface area contributed by atoms with E-state index in [2.05, 4.69) is 5.10 Å². The summed E-state index contributed by atoms with van der Waals surface area (Å²) >= 11 is 0. The summed E-state index contributed by atoms with van der Waals surface area (Å²) in [6.45, 7) is 10.0. The highest BCUT2D eigenvalue weighted by Gasteiger charge is 2.35. The zero-order valence-electron chi connectivity index (χ0n) is 18.6. The average molecular weight is 451 g/mol. The van der Waals surface area contributed by atoms with E-state index in [1.165, 1.54) is 6.26 Å². The highest BCUT2D eigenvalue weighted by molar-refractivity contribution is 5.94. The normalized spacial score (nSPS) is 13.5. The van der Waals surface area contributed by atoms with E-state index in [0.29, 0.717) is 37.6 Å². The zero-order valence-corrected chi connectivity index (χ0v) is 18.6. The van der Waals surface area contributed by atoms with E-state index in [9.17, 15) is 18.0 Å². The third-order valence-corrected chi connectivity index (χ3v) is 4.43. The van der Waals surface area contributed by atoms with E-state index in [-0.39, 0.29) is 17.4 Å². The first-order valence-electron chi connectivity index (χ1n) is 10.6. The molecule has 1 aromatic carbocycles. The third kappa shape index (κ3) is 5.79. The summed E-state index contributed by atoms with van der Waals surface area (Å²) in [5.74, 6) is 0.119. The SMILES string of the molecule is CC.CC.O=C(c1ccc(-n2nc(C(F)(F)F)cc2-c2ccco2)cc1)N1CCOCC1. The fourth-order valence-corrected chi connectivity index (χ4v) is 3.01. The second-order valence-corrected chi connectivity index (χ2v) is 6.25. The molecule has 1 saturated heterocycles. The lowest BCUT2D eigenvalue weighted by atomic mass is 10.1. The van der Waals surface area contributed by atoms with Crippen LogP contribution < -0.4 is 0 Å². The molecule has 0 bridgehead atoms. The monoisotopic (exact) mass is 451 g/mol. The smallest absolute Gasteiger partial charge is 0.435 e. The second kappa shape index (κ2) is 11.5. The number of hydrogen-bond acceptors (Lipinski definition) is 4. The van der Waals surface area contributed by atoms with Gasteiger partial charge in [-0.3, -0.25) is 4.79 Å². The lowest BCUT2D eigenvalue weighted by molar-refractivity contribution is -0.141. The van der Waals surface area contributed by atoms with Gasteiger partial charge in [-0.15, -0.1) is 0 Å². The van der Waals surface area contributed by atoms with Crippen molar-refractivity contribution < 1.29 is 27.1 Å². The van der Waals surface area contributed by atoms with Gasteiger partial charge in [-0.1, -0.05) is 27.7 Å². The maximum atomic E-state index is 13.1. The molecule has 174 valence electrons. The van der Waals surface area contributed by atoms with Crippen molar-refractivity contribution in [1.82, 2.24) is 14.7 Å². The molecule has 32 heavy (non-hydrogen) atoms. The summed E-state index contributed by atoms with van der Waals surface area (Å²) in [6, 6.07) is 10.4. The Hall–Kier alpha value is -3.07. The molecule has 1 aliphatic rings. The Balaban J connectivity index is 0.000000860. The van der Waals surface area contributed by atoms with Crippen molar-refractivity contribution in [2.45, 2.75) is 33.9 Å². The summed E-state index contributed by atoms with van der Waals surface area (Å²) in [7, 11) is 0. The van der Waals surface area contributed by atoms with Crippen LogP contribution in [-0.2, 0) is 10.9 Å². The average Bonchev–Trinajstić information content (AvgIpc) is 3.52. The summed E-state index contributed by atoms with van der Waals surface area (Å²) in [6.07, 6.45) is -3.21. The largest absolute Gasteiger partial charge is 0.463 e. The molecule has 0 spiro atoms. The number of rotatable bonds is 3. The van der Waals surface area contributed by atoms with Gasteiger partial charge in [0.25, 0.3) is 5.91 Å². The fourth-order valence-electron chi connectivity index (χ4n) is 3.01. The summed E-state index contributed by atoms with van der Waals surface area (Å²) in [5.41, 5.74) is -0.00854. The van der Waals surface area contributed by atoms with Crippen LogP contribution in [0.5, 0.6) is 0 Å². The first kappa shape index (κ1) is 25.2. The molecule has 0 unspecified atom stereocenters. The number of morpholine rings is 1. The molecule has 0 N–H and O–H groups in total. The number of hydrogen-bond donors (Lipinski definition) is 0. The van der Waals surface area contributed by atoms with E-state index in [1.807, 2.05) is 27.7 Å². The number of benzene rings is 1. The number of nitrogens with zero attached hydrogens (tertiary/aromatic N) is 3. The first-order valence-corrected chi connectivity index (χ1v) is 10.6. The van der Waals surface area contributed by atoms with Crippen molar-refractivity contribution in [3.05, 3.63) is 60.0 Å². The Kier molecular flexibility index (Phi) is 9.07. The lowest BCUT2D eigenvalue weighted by Gasteiger charge is -2.26. The van der Waals surface area contributed by atoms with Crippen LogP contribution in [0.25, 0.3) is 17.1 Å². The van der Waals surface area contributed by atoms with Crippen LogP contribution in [0.4, 0.5) is 13.2 Å². The number of alkyl halides is 3. The van der Waals surface area contributed by atoms with Gasteiger partial charge < -0.3 is 14.1 Å². The molecule has 1 aliphatic heterocycles. The number of ether oxygens (including phenoxy) is 1. The van der Waals surface area contributed by atoms with Crippen LogP contribution in [0.3, 0.4) is 0 Å². The quantitative estimate of drug-likeness (QED) is 0.514. The predicted molar refractivity (Wildman–Crippen MR) is 116 cm³/mol. The van der Waals surface area contributed by atoms with Crippen molar-refractivity contribution in [2.24, 2.45) is 0 Å². The van der Waals surface area contributed by atoms with E-state index >= 15 is 0 Å². The van der Waals surface area contributed by atoms with Gasteiger partial charge in [-0.25, -0.2) is 4.68 Å². The maximum absolute atomic E-state index is 13.1. The Morgan fingerprint density at radius 2 is 1.62 bits per heavy atom. The van der Waals surface area contributed by atoms with E-state index in [0.717, 1.165) is 10.7 Å². The van der Waals surface area contributed by atoms with E-state index in [1.54, 1.807) is 41.3 Å². The Morgan fingerprint density at radius 1 is 1.00 bits per heavy atom. The maximum Gasteiger partial charge on any atom is 0.435 e. The van der Waals surface area contributed by atoms with Gasteiger partial charge in [-0.2, -0.15) is 18.3 Å². The number of aromatic nitrogens is 2. The molecule has 0 saturated carbocycles. The van der Waals surface area contributed by atoms with Crippen molar-refractivity contribution in [2.75, 3.05) is 26.3 Å². The molecule has 6 nitrogen and oxygen atoms in total. The van der Waals surface area contributed by atoms with Crippen LogP contribution in [0.1, 0.15) is 43.7 Å². The molecule has 0 atom stereocenters. The van der Waals surface area contributed by atoms with Crippen LogP contribution in [0.15, 0.2) is 53.1 Å². The molecular weight excluding hydrogens is 423 g/mol. The van der Waals surface area contributed by atoms with Crippen molar-refractivity contribution in [3.63, 3.8) is 0 Å². The van der Waals surface area contributed by atoms with Gasteiger partial charge in [0.15, 0.2) is 11.5 Å². The molecule has 1 amide bonds. The van der Waals surface area contributed by atoms with Crippen LogP contribution in [0, 0.1) is 0 Å². The Bertz CT molecular complexity index is 959. The minimum absolute atomic E-state index is 0.141. The molecule has 9 heteroatoms. The van der Waals surface area contributed by atoms with Crippen molar-refractivity contribution in [1.29, 1.82) is 0 Å². The Labute approximate surface area is 185 Å². The molecule has 3 heterocycles. The van der Waals surface area contributed by atoms with Gasteiger partial charge in [0.2, 0.25) is 0 Å². The summed E-state index contributed by atoms with van der Waals surface area (Å²) < 4.78 is 51.1. The molecule has 2 aromatic heterocycles. The van der Waals surface area contributed by atoms with Gasteiger partial charge in [0.05, 0.1) is 25.2 Å². The molecule has 3 aromatic rings. The molecule has 0 radical (unpaired) electrons. The van der Waals surface area contributed by atoms with Gasteiger partial charge in [0.1, 0.15) is 5.69 Å². The molecule has 1 fully saturated rings. The molecule has 4 rings (SSSR count). The van der Waals surface area contributed by atoms with Crippen molar-refractivity contribution in [3.8, 4) is 17.1 Å². The zero-order chi connectivity index (χ0) is 23.7. The fraction of sp³-hybridized carbons (Fsp3) is 0.391. The topological polar surface area (TPSA) is 60.5 Å². The van der Waals surface area contributed by atoms with Crippen LogP contribution >= 0.6 is 0 Å². The second-order valence-electron chi connectivity index (χ2n) is 6.25. The summed E-state index contributed by atoms with van der Waals surface area (Å²) in [5, 5.41) is 3.69. The van der Waals surface area contributed by atoms with Gasteiger partial charge in [-0.05, 0) is 36.4 Å².